The molecule has 0 saturated heterocycles. The van der Waals surface area contributed by atoms with Crippen molar-refractivity contribution >= 4 is 0 Å². The molecule has 0 atom stereocenters. The number of aryl methyl sites for hydroxylation is 2. The van der Waals surface area contributed by atoms with Crippen LogP contribution in [0, 0.1) is 13.8 Å². The molecule has 3 aromatic rings. The van der Waals surface area contributed by atoms with Crippen LogP contribution in [-0.2, 0) is 13.2 Å². The van der Waals surface area contributed by atoms with Crippen LogP contribution in [0.1, 0.15) is 22.3 Å². The van der Waals surface area contributed by atoms with Crippen molar-refractivity contribution in [1.82, 2.24) is 9.78 Å². The van der Waals surface area contributed by atoms with Crippen LogP contribution >= 0.6 is 0 Å². The van der Waals surface area contributed by atoms with E-state index < -0.39 is 0 Å². The van der Waals surface area contributed by atoms with Crippen molar-refractivity contribution in [3.05, 3.63) is 87.2 Å². The largest absolute Gasteiger partial charge is 0.392 e. The van der Waals surface area contributed by atoms with Crippen LogP contribution in [0.4, 0.5) is 0 Å². The smallest absolute Gasteiger partial charge is 0.267 e. The van der Waals surface area contributed by atoms with Crippen LogP contribution < -0.4 is 5.56 Å². The first-order valence-electron chi connectivity index (χ1n) is 7.91. The van der Waals surface area contributed by atoms with E-state index in [1.54, 1.807) is 12.1 Å². The van der Waals surface area contributed by atoms with Crippen LogP contribution in [0.3, 0.4) is 0 Å². The lowest BCUT2D eigenvalue weighted by molar-refractivity contribution is 0.282. The zero-order valence-electron chi connectivity index (χ0n) is 13.9. The van der Waals surface area contributed by atoms with Crippen molar-refractivity contribution in [1.29, 1.82) is 0 Å². The van der Waals surface area contributed by atoms with E-state index >= 15 is 0 Å². The molecule has 4 nitrogen and oxygen atoms in total. The Balaban J connectivity index is 2.02. The molecule has 1 N–H and O–H groups in total. The molecule has 122 valence electrons. The van der Waals surface area contributed by atoms with E-state index in [4.69, 9.17) is 0 Å². The summed E-state index contributed by atoms with van der Waals surface area (Å²) in [6.07, 6.45) is 0. The molecule has 0 saturated carbocycles. The van der Waals surface area contributed by atoms with Crippen LogP contribution in [0.5, 0.6) is 0 Å². The van der Waals surface area contributed by atoms with Gasteiger partial charge in [-0.15, -0.1) is 0 Å². The second kappa shape index (κ2) is 6.81. The minimum atomic E-state index is -0.128. The van der Waals surface area contributed by atoms with Gasteiger partial charge < -0.3 is 5.11 Å². The minimum Gasteiger partial charge on any atom is -0.392 e. The first-order valence-corrected chi connectivity index (χ1v) is 7.91. The highest BCUT2D eigenvalue weighted by molar-refractivity contribution is 5.63. The Bertz CT molecular complexity index is 929. The number of aliphatic hydroxyl groups excluding tert-OH is 1. The first kappa shape index (κ1) is 16.1. The van der Waals surface area contributed by atoms with E-state index in [0.717, 1.165) is 33.5 Å². The topological polar surface area (TPSA) is 55.1 Å². The molecule has 0 bridgehead atoms. The summed E-state index contributed by atoms with van der Waals surface area (Å²) in [5, 5.41) is 13.9. The molecule has 0 aliphatic carbocycles. The van der Waals surface area contributed by atoms with Gasteiger partial charge in [0, 0.05) is 11.6 Å². The van der Waals surface area contributed by atoms with Gasteiger partial charge in [0.2, 0.25) is 0 Å². The number of aromatic nitrogens is 2. The van der Waals surface area contributed by atoms with Gasteiger partial charge in [0.1, 0.15) is 0 Å². The highest BCUT2D eigenvalue weighted by Crippen LogP contribution is 2.22. The van der Waals surface area contributed by atoms with Gasteiger partial charge in [-0.05, 0) is 42.7 Å². The maximum atomic E-state index is 12.2. The van der Waals surface area contributed by atoms with Gasteiger partial charge in [-0.3, -0.25) is 4.79 Å². The highest BCUT2D eigenvalue weighted by Gasteiger charge is 2.08. The predicted molar refractivity (Wildman–Crippen MR) is 94.9 cm³/mol. The lowest BCUT2D eigenvalue weighted by Crippen LogP contribution is -2.23. The van der Waals surface area contributed by atoms with Gasteiger partial charge in [-0.25, -0.2) is 4.68 Å². The quantitative estimate of drug-likeness (QED) is 0.804. The summed E-state index contributed by atoms with van der Waals surface area (Å²) in [5.41, 5.74) is 5.62. The molecule has 1 aromatic heterocycles. The van der Waals surface area contributed by atoms with Gasteiger partial charge in [-0.1, -0.05) is 42.0 Å². The number of hydrogen-bond donors (Lipinski definition) is 1. The van der Waals surface area contributed by atoms with Crippen molar-refractivity contribution in [2.24, 2.45) is 0 Å². The lowest BCUT2D eigenvalue weighted by Gasteiger charge is -2.10. The van der Waals surface area contributed by atoms with Crippen LogP contribution in [0.25, 0.3) is 11.3 Å². The van der Waals surface area contributed by atoms with E-state index in [-0.39, 0.29) is 12.2 Å². The Morgan fingerprint density at radius 3 is 2.58 bits per heavy atom. The Labute approximate surface area is 141 Å². The normalized spacial score (nSPS) is 10.8. The van der Waals surface area contributed by atoms with Gasteiger partial charge in [0.25, 0.3) is 5.56 Å². The summed E-state index contributed by atoms with van der Waals surface area (Å²) in [4.78, 5) is 12.2. The minimum absolute atomic E-state index is 0.0176. The van der Waals surface area contributed by atoms with Gasteiger partial charge in [-0.2, -0.15) is 5.10 Å². The molecule has 3 rings (SSSR count). The maximum absolute atomic E-state index is 12.2. The van der Waals surface area contributed by atoms with Gasteiger partial charge >= 0.3 is 0 Å². The summed E-state index contributed by atoms with van der Waals surface area (Å²) in [6.45, 7) is 4.44. The van der Waals surface area contributed by atoms with Crippen molar-refractivity contribution in [3.8, 4) is 11.3 Å². The van der Waals surface area contributed by atoms with Crippen molar-refractivity contribution in [2.45, 2.75) is 27.0 Å². The number of rotatable bonds is 4. The molecule has 4 heteroatoms. The zero-order valence-corrected chi connectivity index (χ0v) is 13.9. The fourth-order valence-electron chi connectivity index (χ4n) is 2.73. The Hall–Kier alpha value is -2.72. The molecule has 0 amide bonds. The highest BCUT2D eigenvalue weighted by atomic mass is 16.3. The number of hydrogen-bond acceptors (Lipinski definition) is 3. The average molecular weight is 320 g/mol. The molecule has 0 fully saturated rings. The maximum Gasteiger partial charge on any atom is 0.267 e. The summed E-state index contributed by atoms with van der Waals surface area (Å²) in [7, 11) is 0. The fourth-order valence-corrected chi connectivity index (χ4v) is 2.73. The van der Waals surface area contributed by atoms with E-state index in [9.17, 15) is 9.90 Å². The van der Waals surface area contributed by atoms with Crippen molar-refractivity contribution in [3.63, 3.8) is 0 Å². The average Bonchev–Trinajstić information content (AvgIpc) is 2.57. The molecule has 1 heterocycles. The Morgan fingerprint density at radius 1 is 1.00 bits per heavy atom. The summed E-state index contributed by atoms with van der Waals surface area (Å²) < 4.78 is 1.48. The van der Waals surface area contributed by atoms with E-state index in [0.29, 0.717) is 6.54 Å². The Morgan fingerprint density at radius 2 is 1.83 bits per heavy atom. The van der Waals surface area contributed by atoms with Crippen LogP contribution in [0.2, 0.25) is 0 Å². The fraction of sp³-hybridized carbons (Fsp3) is 0.200. The van der Waals surface area contributed by atoms with Crippen LogP contribution in [0.15, 0.2) is 59.4 Å². The lowest BCUT2D eigenvalue weighted by atomic mass is 10.0. The number of benzene rings is 2. The molecule has 2 aromatic carbocycles. The van der Waals surface area contributed by atoms with Gasteiger partial charge in [0.05, 0.1) is 18.8 Å². The first-order chi connectivity index (χ1) is 11.6. The van der Waals surface area contributed by atoms with E-state index in [2.05, 4.69) is 11.2 Å². The molecule has 0 radical (unpaired) electrons. The molecule has 0 aliphatic heterocycles. The third kappa shape index (κ3) is 3.44. The summed E-state index contributed by atoms with van der Waals surface area (Å²) in [5.74, 6) is 0. The second-order valence-electron chi connectivity index (χ2n) is 6.01. The monoisotopic (exact) mass is 320 g/mol. The SMILES string of the molecule is Cc1cccc(Cn2nc(-c3cc(CO)ccc3C)ccc2=O)c1. The molecular formula is C20H20N2O2. The third-order valence-electron chi connectivity index (χ3n) is 4.04. The molecule has 0 unspecified atom stereocenters. The number of aliphatic hydroxyl groups is 1. The van der Waals surface area contributed by atoms with Crippen LogP contribution in [-0.4, -0.2) is 14.9 Å². The summed E-state index contributed by atoms with van der Waals surface area (Å²) >= 11 is 0. The second-order valence-corrected chi connectivity index (χ2v) is 6.01. The summed E-state index contributed by atoms with van der Waals surface area (Å²) in [6, 6.07) is 17.1. The molecule has 0 aliphatic rings. The Kier molecular flexibility index (Phi) is 4.58. The number of nitrogens with zero attached hydrogens (tertiary/aromatic N) is 2. The predicted octanol–water partition coefficient (Wildman–Crippen LogP) is 3.07. The van der Waals surface area contributed by atoms with E-state index in [1.807, 2.05) is 50.2 Å². The zero-order chi connectivity index (χ0) is 17.1. The third-order valence-corrected chi connectivity index (χ3v) is 4.04. The van der Waals surface area contributed by atoms with Gasteiger partial charge in [0.15, 0.2) is 0 Å². The van der Waals surface area contributed by atoms with Crippen molar-refractivity contribution in [2.75, 3.05) is 0 Å². The molecule has 24 heavy (non-hydrogen) atoms. The van der Waals surface area contributed by atoms with Crippen molar-refractivity contribution < 1.29 is 5.11 Å². The molecule has 0 spiro atoms. The standard InChI is InChI=1S/C20H20N2O2/c1-14-4-3-5-16(10-14)12-22-20(24)9-8-19(21-22)18-11-17(13-23)7-6-15(18)2/h3-11,23H,12-13H2,1-2H3. The van der Waals surface area contributed by atoms with E-state index in [1.165, 1.54) is 4.68 Å². The molecular weight excluding hydrogens is 300 g/mol.